The number of esters is 2. The fourth-order valence-corrected chi connectivity index (χ4v) is 6.99. The summed E-state index contributed by atoms with van der Waals surface area (Å²) in [6, 6.07) is 12.9. The van der Waals surface area contributed by atoms with Gasteiger partial charge in [-0.2, -0.15) is 0 Å². The molecule has 0 radical (unpaired) electrons. The van der Waals surface area contributed by atoms with Gasteiger partial charge in [0.05, 0.1) is 5.56 Å². The number of aliphatic hydroxyl groups is 1. The fraction of sp³-hybridized carbons (Fsp3) is 0.414. The molecule has 2 aliphatic carbocycles. The lowest BCUT2D eigenvalue weighted by Gasteiger charge is -2.59. The minimum Gasteiger partial charge on any atom is -0.481 e. The van der Waals surface area contributed by atoms with Gasteiger partial charge in [-0.15, -0.1) is 0 Å². The van der Waals surface area contributed by atoms with Gasteiger partial charge in [0.2, 0.25) is 0 Å². The normalized spacial score (nSPS) is 35.5. The van der Waals surface area contributed by atoms with Crippen molar-refractivity contribution in [3.63, 3.8) is 0 Å². The molecule has 2 heterocycles. The zero-order valence-corrected chi connectivity index (χ0v) is 20.3. The van der Waals surface area contributed by atoms with E-state index in [-0.39, 0.29) is 17.1 Å². The molecule has 7 nitrogen and oxygen atoms in total. The maximum absolute atomic E-state index is 13.9. The van der Waals surface area contributed by atoms with E-state index in [9.17, 15) is 19.5 Å². The maximum Gasteiger partial charge on any atom is 0.351 e. The average molecular weight is 489 g/mol. The Balaban J connectivity index is 1.48. The molecule has 1 N–H and O–H groups in total. The van der Waals surface area contributed by atoms with Gasteiger partial charge in [0.15, 0.2) is 23.4 Å². The lowest BCUT2D eigenvalue weighted by atomic mass is 9.48. The highest BCUT2D eigenvalue weighted by atomic mass is 16.6. The molecule has 2 aliphatic heterocycles. The first kappa shape index (κ1) is 23.0. The SMILES string of the molecule is C=C1OC(=O)C2=C1O[C@@H]1[C@@H](OC(=O)c3cccc4ccccc34)C3(O)CCCC[C@H]3[C@](C)(C2=O)[C@@H]1C. The summed E-state index contributed by atoms with van der Waals surface area (Å²) in [7, 11) is 0. The number of fused-ring (bicyclic) bond motifs is 5. The molecule has 2 fully saturated rings. The predicted octanol–water partition coefficient (Wildman–Crippen LogP) is 4.24. The minimum absolute atomic E-state index is 0.0148. The van der Waals surface area contributed by atoms with Crippen LogP contribution in [0.5, 0.6) is 0 Å². The third-order valence-corrected chi connectivity index (χ3v) is 8.99. The fourth-order valence-electron chi connectivity index (χ4n) is 6.99. The Labute approximate surface area is 208 Å². The number of Topliss-reactive ketones (excluding diaryl/α,β-unsaturated/α-hetero) is 1. The number of hydrogen-bond donors (Lipinski definition) is 1. The van der Waals surface area contributed by atoms with Crippen LogP contribution in [0.4, 0.5) is 0 Å². The number of ketones is 1. The van der Waals surface area contributed by atoms with E-state index in [1.54, 1.807) is 19.1 Å². The Hall–Kier alpha value is -3.45. The average Bonchev–Trinajstić information content (AvgIpc) is 3.12. The number of benzene rings is 2. The molecule has 6 atom stereocenters. The zero-order valence-electron chi connectivity index (χ0n) is 20.3. The van der Waals surface area contributed by atoms with Crippen LogP contribution in [0.1, 0.15) is 49.9 Å². The molecule has 4 aliphatic rings. The number of rotatable bonds is 2. The highest BCUT2D eigenvalue weighted by molar-refractivity contribution is 6.22. The molecule has 2 aromatic rings. The lowest BCUT2D eigenvalue weighted by molar-refractivity contribution is -0.247. The van der Waals surface area contributed by atoms with Crippen molar-refractivity contribution in [3.05, 3.63) is 71.7 Å². The van der Waals surface area contributed by atoms with Gasteiger partial charge < -0.3 is 19.3 Å². The van der Waals surface area contributed by atoms with Gasteiger partial charge in [0.1, 0.15) is 17.3 Å². The third kappa shape index (κ3) is 2.92. The van der Waals surface area contributed by atoms with Crippen molar-refractivity contribution in [3.8, 4) is 0 Å². The molecule has 0 saturated heterocycles. The highest BCUT2D eigenvalue weighted by Gasteiger charge is 2.70. The number of carbonyl (C=O) groups is 3. The molecule has 0 aromatic heterocycles. The Morgan fingerprint density at radius 1 is 1.14 bits per heavy atom. The molecule has 0 spiro atoms. The summed E-state index contributed by atoms with van der Waals surface area (Å²) in [4.78, 5) is 40.2. The first-order valence-electron chi connectivity index (χ1n) is 12.5. The first-order chi connectivity index (χ1) is 17.2. The monoisotopic (exact) mass is 488 g/mol. The van der Waals surface area contributed by atoms with E-state index in [0.29, 0.717) is 18.4 Å². The van der Waals surface area contributed by atoms with Crippen LogP contribution in [0.15, 0.2) is 66.1 Å². The Bertz CT molecular complexity index is 1370. The molecule has 2 bridgehead atoms. The van der Waals surface area contributed by atoms with Crippen LogP contribution in [0, 0.1) is 17.3 Å². The van der Waals surface area contributed by atoms with Gasteiger partial charge in [0.25, 0.3) is 0 Å². The molecule has 186 valence electrons. The number of ether oxygens (including phenoxy) is 3. The highest BCUT2D eigenvalue weighted by Crippen LogP contribution is 2.60. The van der Waals surface area contributed by atoms with Gasteiger partial charge in [0, 0.05) is 17.3 Å². The number of hydrogen-bond acceptors (Lipinski definition) is 7. The van der Waals surface area contributed by atoms with Crippen molar-refractivity contribution in [2.75, 3.05) is 0 Å². The summed E-state index contributed by atoms with van der Waals surface area (Å²) >= 11 is 0. The second-order valence-electron chi connectivity index (χ2n) is 10.6. The standard InChI is InChI=1S/C29H28O7/c1-15-22-25(36-26(31)19-12-8-10-17-9-4-5-11-18(17)19)29(33)14-7-6-13-20(29)28(15,3)24(30)21-23(35-22)16(2)34-27(21)32/h4-5,8-12,15,20,22,25,33H,2,6-7,13-14H2,1,3H3/t15-,20+,22+,25-,28-,29?/m1/s1. The number of cyclic esters (lactones) is 1. The van der Waals surface area contributed by atoms with Crippen molar-refractivity contribution in [2.24, 2.45) is 17.3 Å². The molecule has 2 aromatic carbocycles. The Morgan fingerprint density at radius 3 is 2.69 bits per heavy atom. The summed E-state index contributed by atoms with van der Waals surface area (Å²) in [6.45, 7) is 7.42. The largest absolute Gasteiger partial charge is 0.481 e. The molecule has 0 amide bonds. The summed E-state index contributed by atoms with van der Waals surface area (Å²) in [5.74, 6) is -2.80. The predicted molar refractivity (Wildman–Crippen MR) is 129 cm³/mol. The van der Waals surface area contributed by atoms with E-state index in [4.69, 9.17) is 14.2 Å². The topological polar surface area (TPSA) is 99.1 Å². The summed E-state index contributed by atoms with van der Waals surface area (Å²) in [6.07, 6.45) is 0.536. The second kappa shape index (κ2) is 7.77. The second-order valence-corrected chi connectivity index (χ2v) is 10.6. The number of carbonyl (C=O) groups excluding carboxylic acids is 3. The molecule has 2 saturated carbocycles. The van der Waals surface area contributed by atoms with Crippen LogP contribution in [-0.4, -0.2) is 40.6 Å². The van der Waals surface area contributed by atoms with Crippen LogP contribution in [0.2, 0.25) is 0 Å². The van der Waals surface area contributed by atoms with Gasteiger partial charge >= 0.3 is 11.9 Å². The van der Waals surface area contributed by atoms with Gasteiger partial charge in [-0.1, -0.05) is 69.7 Å². The van der Waals surface area contributed by atoms with Crippen molar-refractivity contribution in [2.45, 2.75) is 57.3 Å². The molecule has 36 heavy (non-hydrogen) atoms. The summed E-state index contributed by atoms with van der Waals surface area (Å²) in [5, 5.41) is 13.9. The molecular formula is C29H28O7. The van der Waals surface area contributed by atoms with E-state index in [2.05, 4.69) is 6.58 Å². The molecule has 6 rings (SSSR count). The first-order valence-corrected chi connectivity index (χ1v) is 12.5. The molecule has 1 unspecified atom stereocenters. The smallest absolute Gasteiger partial charge is 0.351 e. The van der Waals surface area contributed by atoms with E-state index in [1.807, 2.05) is 37.3 Å². The van der Waals surface area contributed by atoms with Crippen molar-refractivity contribution >= 4 is 28.5 Å². The minimum atomic E-state index is -1.49. The third-order valence-electron chi connectivity index (χ3n) is 8.99. The Morgan fingerprint density at radius 2 is 1.89 bits per heavy atom. The molecule has 7 heteroatoms. The quantitative estimate of drug-likeness (QED) is 0.499. The maximum atomic E-state index is 13.9. The van der Waals surface area contributed by atoms with Crippen LogP contribution >= 0.6 is 0 Å². The van der Waals surface area contributed by atoms with Crippen molar-refractivity contribution < 1.29 is 33.7 Å². The van der Waals surface area contributed by atoms with Gasteiger partial charge in [-0.25, -0.2) is 9.59 Å². The van der Waals surface area contributed by atoms with Crippen LogP contribution in [-0.2, 0) is 23.8 Å². The van der Waals surface area contributed by atoms with Gasteiger partial charge in [-0.05, 0) is 29.7 Å². The van der Waals surface area contributed by atoms with E-state index in [0.717, 1.165) is 23.6 Å². The van der Waals surface area contributed by atoms with Crippen LogP contribution < -0.4 is 0 Å². The van der Waals surface area contributed by atoms with E-state index in [1.165, 1.54) is 0 Å². The zero-order chi connectivity index (χ0) is 25.4. The lowest BCUT2D eigenvalue weighted by Crippen LogP contribution is -2.70. The summed E-state index contributed by atoms with van der Waals surface area (Å²) in [5.41, 5.74) is -2.38. The Kier molecular flexibility index (Phi) is 4.96. The van der Waals surface area contributed by atoms with Crippen LogP contribution in [0.25, 0.3) is 10.8 Å². The molecular weight excluding hydrogens is 460 g/mol. The van der Waals surface area contributed by atoms with E-state index >= 15 is 0 Å². The van der Waals surface area contributed by atoms with Crippen molar-refractivity contribution in [1.82, 2.24) is 0 Å². The van der Waals surface area contributed by atoms with Gasteiger partial charge in [-0.3, -0.25) is 4.79 Å². The van der Waals surface area contributed by atoms with Crippen LogP contribution in [0.3, 0.4) is 0 Å². The summed E-state index contributed by atoms with van der Waals surface area (Å²) < 4.78 is 17.6. The van der Waals surface area contributed by atoms with Crippen molar-refractivity contribution in [1.29, 1.82) is 0 Å². The van der Waals surface area contributed by atoms with E-state index < -0.39 is 52.8 Å².